The summed E-state index contributed by atoms with van der Waals surface area (Å²) in [4.78, 5) is 0. The van der Waals surface area contributed by atoms with Crippen LogP contribution in [0, 0.1) is 0 Å². The average molecular weight is 511 g/mol. The Kier molecular flexibility index (Phi) is 7.36. The maximum Gasteiger partial charge on any atom is 0.198 e. The molecular weight excluding hydrogens is 479 g/mol. The van der Waals surface area contributed by atoms with Crippen molar-refractivity contribution in [1.82, 2.24) is 0 Å². The van der Waals surface area contributed by atoms with Gasteiger partial charge in [-0.05, 0) is 61.2 Å². The van der Waals surface area contributed by atoms with E-state index in [-0.39, 0.29) is 12.7 Å². The fourth-order valence-corrected chi connectivity index (χ4v) is 5.33. The molecule has 190 valence electrons. The standard InChI is InChI=1S/C30H32ClFO4/c1-3-33-26-12-9-22(10-13-26)15-24-16-25(11-14-28(24)31)30-18-27(34-19-23-7-5-4-6-8-23)17-29(36-30,20-35-30)21(2)32/h4-14,16,21,27H,3,15,17-20H2,1-2H3/t21?,27?,29-,30-/m1/s1. The second kappa shape index (κ2) is 10.5. The lowest BCUT2D eigenvalue weighted by Gasteiger charge is -2.42. The molecule has 2 saturated heterocycles. The topological polar surface area (TPSA) is 36.9 Å². The third-order valence-electron chi connectivity index (χ3n) is 7.16. The maximum absolute atomic E-state index is 14.9. The Bertz CT molecular complexity index is 1170. The van der Waals surface area contributed by atoms with Crippen LogP contribution in [0.1, 0.15) is 48.9 Å². The van der Waals surface area contributed by atoms with E-state index < -0.39 is 17.6 Å². The molecule has 0 saturated carbocycles. The highest BCUT2D eigenvalue weighted by Crippen LogP contribution is 2.52. The number of halogens is 2. The van der Waals surface area contributed by atoms with Crippen molar-refractivity contribution in [2.75, 3.05) is 13.2 Å². The summed E-state index contributed by atoms with van der Waals surface area (Å²) < 4.78 is 39.5. The molecule has 0 radical (unpaired) electrons. The van der Waals surface area contributed by atoms with Crippen LogP contribution in [0.15, 0.2) is 72.8 Å². The molecule has 2 fully saturated rings. The fraction of sp³-hybridized carbons (Fsp3) is 0.400. The molecule has 2 heterocycles. The first-order valence-electron chi connectivity index (χ1n) is 12.6. The van der Waals surface area contributed by atoms with E-state index in [0.29, 0.717) is 37.5 Å². The smallest absolute Gasteiger partial charge is 0.198 e. The third kappa shape index (κ3) is 5.16. The predicted octanol–water partition coefficient (Wildman–Crippen LogP) is 7.01. The van der Waals surface area contributed by atoms with Gasteiger partial charge < -0.3 is 18.9 Å². The molecule has 2 unspecified atom stereocenters. The zero-order valence-corrected chi connectivity index (χ0v) is 21.5. The van der Waals surface area contributed by atoms with Crippen LogP contribution < -0.4 is 4.74 Å². The molecule has 0 amide bonds. The Morgan fingerprint density at radius 1 is 1.03 bits per heavy atom. The van der Waals surface area contributed by atoms with Crippen LogP contribution in [-0.4, -0.2) is 31.1 Å². The first-order valence-corrected chi connectivity index (χ1v) is 12.9. The zero-order chi connectivity index (χ0) is 25.2. The molecule has 36 heavy (non-hydrogen) atoms. The van der Waals surface area contributed by atoms with E-state index in [9.17, 15) is 4.39 Å². The van der Waals surface area contributed by atoms with Gasteiger partial charge in [-0.25, -0.2) is 4.39 Å². The van der Waals surface area contributed by atoms with Gasteiger partial charge in [0.05, 0.1) is 25.9 Å². The summed E-state index contributed by atoms with van der Waals surface area (Å²) in [5.74, 6) is -0.230. The highest BCUT2D eigenvalue weighted by molar-refractivity contribution is 6.31. The molecular formula is C30H32ClFO4. The van der Waals surface area contributed by atoms with Crippen molar-refractivity contribution in [1.29, 1.82) is 0 Å². The number of hydrogen-bond acceptors (Lipinski definition) is 4. The molecule has 4 nitrogen and oxygen atoms in total. The monoisotopic (exact) mass is 510 g/mol. The van der Waals surface area contributed by atoms with Crippen molar-refractivity contribution < 1.29 is 23.3 Å². The molecule has 0 spiro atoms. The van der Waals surface area contributed by atoms with Crippen LogP contribution in [0.5, 0.6) is 5.75 Å². The summed E-state index contributed by atoms with van der Waals surface area (Å²) in [6.45, 7) is 4.78. The van der Waals surface area contributed by atoms with Gasteiger partial charge in [0.2, 0.25) is 0 Å². The first kappa shape index (κ1) is 25.2. The van der Waals surface area contributed by atoms with Gasteiger partial charge in [0, 0.05) is 23.4 Å². The number of fused-ring (bicyclic) bond motifs is 2. The van der Waals surface area contributed by atoms with Crippen LogP contribution >= 0.6 is 11.6 Å². The Morgan fingerprint density at radius 2 is 1.81 bits per heavy atom. The fourth-order valence-electron chi connectivity index (χ4n) is 5.15. The third-order valence-corrected chi connectivity index (χ3v) is 7.52. The summed E-state index contributed by atoms with van der Waals surface area (Å²) in [6, 6.07) is 23.8. The van der Waals surface area contributed by atoms with Gasteiger partial charge in [-0.15, -0.1) is 0 Å². The molecule has 2 bridgehead atoms. The average Bonchev–Trinajstić information content (AvgIpc) is 3.18. The molecule has 3 aromatic carbocycles. The van der Waals surface area contributed by atoms with Crippen molar-refractivity contribution in [3.8, 4) is 5.75 Å². The van der Waals surface area contributed by atoms with Crippen LogP contribution in [0.25, 0.3) is 0 Å². The lowest BCUT2D eigenvalue weighted by molar-refractivity contribution is -0.259. The molecule has 2 aliphatic heterocycles. The predicted molar refractivity (Wildman–Crippen MR) is 138 cm³/mol. The van der Waals surface area contributed by atoms with Gasteiger partial charge in [0.1, 0.15) is 17.5 Å². The molecule has 0 aromatic heterocycles. The van der Waals surface area contributed by atoms with Gasteiger partial charge in [-0.2, -0.15) is 0 Å². The van der Waals surface area contributed by atoms with Crippen LogP contribution in [0.3, 0.4) is 0 Å². The van der Waals surface area contributed by atoms with Crippen LogP contribution in [-0.2, 0) is 33.0 Å². The Labute approximate surface area is 217 Å². The summed E-state index contributed by atoms with van der Waals surface area (Å²) in [5.41, 5.74) is 2.95. The normalized spacial score (nSPS) is 26.1. The van der Waals surface area contributed by atoms with E-state index >= 15 is 0 Å². The number of alkyl halides is 1. The highest BCUT2D eigenvalue weighted by Gasteiger charge is 2.60. The maximum atomic E-state index is 14.9. The Hall–Kier alpha value is -2.44. The number of rotatable bonds is 9. The highest BCUT2D eigenvalue weighted by atomic mass is 35.5. The molecule has 2 aliphatic rings. The van der Waals surface area contributed by atoms with Gasteiger partial charge in [0.25, 0.3) is 0 Å². The minimum atomic E-state index is -1.20. The van der Waals surface area contributed by atoms with E-state index in [0.717, 1.165) is 28.0 Å². The molecule has 0 aliphatic carbocycles. The number of benzene rings is 3. The minimum absolute atomic E-state index is 0.187. The van der Waals surface area contributed by atoms with E-state index in [1.54, 1.807) is 0 Å². The first-order chi connectivity index (χ1) is 17.4. The van der Waals surface area contributed by atoms with Crippen molar-refractivity contribution in [3.63, 3.8) is 0 Å². The summed E-state index contributed by atoms with van der Waals surface area (Å²) >= 11 is 6.60. The molecule has 0 N–H and O–H groups in total. The van der Waals surface area contributed by atoms with Crippen molar-refractivity contribution in [2.45, 2.75) is 63.4 Å². The van der Waals surface area contributed by atoms with Crippen LogP contribution in [0.2, 0.25) is 5.02 Å². The second-order valence-electron chi connectivity index (χ2n) is 9.71. The van der Waals surface area contributed by atoms with Crippen molar-refractivity contribution >= 4 is 11.6 Å². The largest absolute Gasteiger partial charge is 0.494 e. The number of ether oxygens (including phenoxy) is 4. The van der Waals surface area contributed by atoms with E-state index in [1.807, 2.05) is 79.7 Å². The summed E-state index contributed by atoms with van der Waals surface area (Å²) in [5, 5.41) is 0.667. The zero-order valence-electron chi connectivity index (χ0n) is 20.7. The van der Waals surface area contributed by atoms with Crippen molar-refractivity contribution in [2.24, 2.45) is 0 Å². The summed E-state index contributed by atoms with van der Waals surface area (Å²) in [7, 11) is 0. The van der Waals surface area contributed by atoms with E-state index in [1.165, 1.54) is 6.92 Å². The quantitative estimate of drug-likeness (QED) is 0.310. The van der Waals surface area contributed by atoms with E-state index in [4.69, 9.17) is 30.5 Å². The van der Waals surface area contributed by atoms with Gasteiger partial charge >= 0.3 is 0 Å². The molecule has 4 atom stereocenters. The van der Waals surface area contributed by atoms with E-state index in [2.05, 4.69) is 0 Å². The second-order valence-corrected chi connectivity index (χ2v) is 10.1. The van der Waals surface area contributed by atoms with Crippen molar-refractivity contribution in [3.05, 3.63) is 100 Å². The summed E-state index contributed by atoms with van der Waals surface area (Å²) in [6.07, 6.45) is 0.181. The van der Waals surface area contributed by atoms with Gasteiger partial charge in [0.15, 0.2) is 5.79 Å². The lowest BCUT2D eigenvalue weighted by atomic mass is 9.85. The van der Waals surface area contributed by atoms with Gasteiger partial charge in [-0.3, -0.25) is 0 Å². The van der Waals surface area contributed by atoms with Gasteiger partial charge in [-0.1, -0.05) is 60.1 Å². The SMILES string of the molecule is CCOc1ccc(Cc2cc([C@]34CC(OCc5ccccc5)C[C@](C(C)F)(CO3)O4)ccc2Cl)cc1. The lowest BCUT2D eigenvalue weighted by Crippen LogP contribution is -2.51. The van der Waals surface area contributed by atoms with Crippen LogP contribution in [0.4, 0.5) is 4.39 Å². The molecule has 6 heteroatoms. The Balaban J connectivity index is 1.39. The molecule has 3 aromatic rings. The molecule has 5 rings (SSSR count). The minimum Gasteiger partial charge on any atom is -0.494 e. The number of hydrogen-bond donors (Lipinski definition) is 0. The Morgan fingerprint density at radius 3 is 2.53 bits per heavy atom.